The molecule has 0 radical (unpaired) electrons. The average Bonchev–Trinajstić information content (AvgIpc) is 2.73. The number of amides is 2. The Bertz CT molecular complexity index is 970. The number of fused-ring (bicyclic) bond motifs is 1. The van der Waals surface area contributed by atoms with Gasteiger partial charge in [-0.15, -0.1) is 0 Å². The van der Waals surface area contributed by atoms with Crippen LogP contribution >= 0.6 is 0 Å². The van der Waals surface area contributed by atoms with Gasteiger partial charge in [-0.3, -0.25) is 24.3 Å². The molecule has 0 unspecified atom stereocenters. The van der Waals surface area contributed by atoms with Crippen molar-refractivity contribution in [3.63, 3.8) is 0 Å². The summed E-state index contributed by atoms with van der Waals surface area (Å²) in [5, 5.41) is 6.14. The molecule has 2 amide bonds. The van der Waals surface area contributed by atoms with E-state index < -0.39 is 0 Å². The number of aromatic amines is 1. The maximum Gasteiger partial charge on any atom is 0.273 e. The predicted octanol–water partition coefficient (Wildman–Crippen LogP) is 0.845. The molecule has 1 saturated heterocycles. The lowest BCUT2D eigenvalue weighted by molar-refractivity contribution is -0.135. The van der Waals surface area contributed by atoms with E-state index in [1.807, 2.05) is 6.92 Å². The number of aryl methyl sites for hydroxylation is 1. The third-order valence-electron chi connectivity index (χ3n) is 5.20. The third-order valence-corrected chi connectivity index (χ3v) is 5.20. The van der Waals surface area contributed by atoms with Crippen LogP contribution in [0, 0.1) is 5.92 Å². The molecule has 0 aliphatic carbocycles. The van der Waals surface area contributed by atoms with Gasteiger partial charge in [0.15, 0.2) is 0 Å². The van der Waals surface area contributed by atoms with E-state index in [0.29, 0.717) is 43.2 Å². The summed E-state index contributed by atoms with van der Waals surface area (Å²) in [6, 6.07) is 6.63. The van der Waals surface area contributed by atoms with Crippen LogP contribution < -0.4 is 16.4 Å². The minimum atomic E-state index is -0.346. The van der Waals surface area contributed by atoms with E-state index in [1.54, 1.807) is 29.2 Å². The molecule has 1 fully saturated rings. The molecule has 2 aromatic rings. The van der Waals surface area contributed by atoms with Crippen molar-refractivity contribution in [2.24, 2.45) is 5.92 Å². The Balaban J connectivity index is 1.58. The minimum absolute atomic E-state index is 0.0462. The summed E-state index contributed by atoms with van der Waals surface area (Å²) in [5.74, 6) is -0.0578. The number of H-pyrrole nitrogens is 1. The molecule has 1 aromatic carbocycles. The van der Waals surface area contributed by atoms with E-state index in [9.17, 15) is 19.2 Å². The monoisotopic (exact) mass is 386 g/mol. The topological polar surface area (TPSA) is 104 Å². The first-order valence-corrected chi connectivity index (χ1v) is 9.78. The summed E-state index contributed by atoms with van der Waals surface area (Å²) in [4.78, 5) is 50.9. The second-order valence-electron chi connectivity index (χ2n) is 7.14. The predicted molar refractivity (Wildman–Crippen MR) is 106 cm³/mol. The summed E-state index contributed by atoms with van der Waals surface area (Å²) in [7, 11) is 0. The highest BCUT2D eigenvalue weighted by molar-refractivity contribution is 5.81. The maximum absolute atomic E-state index is 12.5. The number of aromatic nitrogens is 2. The van der Waals surface area contributed by atoms with Crippen LogP contribution in [0.4, 0.5) is 0 Å². The van der Waals surface area contributed by atoms with Crippen molar-refractivity contribution in [1.29, 1.82) is 0 Å². The number of rotatable bonds is 6. The Kier molecular flexibility index (Phi) is 6.28. The zero-order chi connectivity index (χ0) is 20.1. The van der Waals surface area contributed by atoms with Crippen LogP contribution in [0.1, 0.15) is 32.6 Å². The zero-order valence-corrected chi connectivity index (χ0v) is 16.1. The highest BCUT2D eigenvalue weighted by atomic mass is 16.2. The number of carbonyl (C=O) groups excluding carboxylic acids is 2. The molecular weight excluding hydrogens is 360 g/mol. The highest BCUT2D eigenvalue weighted by Crippen LogP contribution is 2.18. The van der Waals surface area contributed by atoms with Crippen LogP contribution in [-0.4, -0.2) is 46.1 Å². The zero-order valence-electron chi connectivity index (χ0n) is 16.1. The van der Waals surface area contributed by atoms with Gasteiger partial charge >= 0.3 is 0 Å². The largest absolute Gasteiger partial charge is 0.356 e. The van der Waals surface area contributed by atoms with Crippen LogP contribution in [0.25, 0.3) is 10.8 Å². The van der Waals surface area contributed by atoms with Gasteiger partial charge in [0.25, 0.3) is 11.1 Å². The Morgan fingerprint density at radius 3 is 2.50 bits per heavy atom. The van der Waals surface area contributed by atoms with E-state index in [4.69, 9.17) is 0 Å². The summed E-state index contributed by atoms with van der Waals surface area (Å²) in [6.07, 6.45) is 2.32. The number of nitrogens with one attached hydrogen (secondary N) is 2. The Morgan fingerprint density at radius 1 is 1.14 bits per heavy atom. The normalized spacial score (nSPS) is 15.0. The minimum Gasteiger partial charge on any atom is -0.356 e. The quantitative estimate of drug-likeness (QED) is 0.768. The van der Waals surface area contributed by atoms with E-state index >= 15 is 0 Å². The molecule has 1 aliphatic heterocycles. The second kappa shape index (κ2) is 8.86. The van der Waals surface area contributed by atoms with Crippen LogP contribution in [0.15, 0.2) is 33.9 Å². The molecule has 8 nitrogen and oxygen atoms in total. The van der Waals surface area contributed by atoms with Gasteiger partial charge in [-0.2, -0.15) is 0 Å². The lowest BCUT2D eigenvalue weighted by Crippen LogP contribution is -2.43. The lowest BCUT2D eigenvalue weighted by atomic mass is 9.95. The molecule has 0 bridgehead atoms. The summed E-state index contributed by atoms with van der Waals surface area (Å²) >= 11 is 0. The van der Waals surface area contributed by atoms with Gasteiger partial charge in [-0.1, -0.05) is 19.1 Å². The summed E-state index contributed by atoms with van der Waals surface area (Å²) in [5.41, 5.74) is -0.657. The Morgan fingerprint density at radius 2 is 1.82 bits per heavy atom. The van der Waals surface area contributed by atoms with Crippen molar-refractivity contribution in [2.45, 2.75) is 39.2 Å². The van der Waals surface area contributed by atoms with Crippen molar-refractivity contribution < 1.29 is 9.59 Å². The number of hydrogen-bond donors (Lipinski definition) is 2. The van der Waals surface area contributed by atoms with Crippen molar-refractivity contribution in [2.75, 3.05) is 19.6 Å². The lowest BCUT2D eigenvalue weighted by Gasteiger charge is -2.31. The van der Waals surface area contributed by atoms with Crippen LogP contribution in [0.2, 0.25) is 0 Å². The van der Waals surface area contributed by atoms with E-state index in [2.05, 4.69) is 10.4 Å². The molecule has 2 heterocycles. The van der Waals surface area contributed by atoms with Crippen LogP contribution in [0.3, 0.4) is 0 Å². The standard InChI is InChI=1S/C20H26N4O4/c1-2-10-21-18(26)14-7-11-23(12-8-14)17(25)9-13-24-20(28)16-6-4-3-5-15(16)19(27)22-24/h3-6,14H,2,7-13H2,1H3,(H,21,26)(H,22,27). The van der Waals surface area contributed by atoms with Gasteiger partial charge in [-0.25, -0.2) is 4.68 Å². The molecule has 8 heteroatoms. The first kappa shape index (κ1) is 19.9. The number of benzene rings is 1. The third kappa shape index (κ3) is 4.32. The number of piperidine rings is 1. The van der Waals surface area contributed by atoms with Crippen molar-refractivity contribution in [1.82, 2.24) is 20.0 Å². The second-order valence-corrected chi connectivity index (χ2v) is 7.14. The molecule has 3 rings (SSSR count). The van der Waals surface area contributed by atoms with E-state index in [1.165, 1.54) is 4.68 Å². The number of hydrogen-bond acceptors (Lipinski definition) is 4. The SMILES string of the molecule is CCCNC(=O)C1CCN(C(=O)CCn2[nH]c(=O)c3ccccc3c2=O)CC1. The van der Waals surface area contributed by atoms with Crippen LogP contribution in [-0.2, 0) is 16.1 Å². The fourth-order valence-corrected chi connectivity index (χ4v) is 3.55. The van der Waals surface area contributed by atoms with Gasteiger partial charge in [0, 0.05) is 32.0 Å². The molecule has 28 heavy (non-hydrogen) atoms. The molecular formula is C20H26N4O4. The summed E-state index contributed by atoms with van der Waals surface area (Å²) < 4.78 is 1.20. The first-order valence-electron chi connectivity index (χ1n) is 9.78. The van der Waals surface area contributed by atoms with Crippen molar-refractivity contribution in [3.8, 4) is 0 Å². The molecule has 2 N–H and O–H groups in total. The van der Waals surface area contributed by atoms with Gasteiger partial charge in [-0.05, 0) is 31.4 Å². The van der Waals surface area contributed by atoms with Gasteiger partial charge in [0.05, 0.1) is 17.3 Å². The van der Waals surface area contributed by atoms with Gasteiger partial charge in [0.1, 0.15) is 0 Å². The average molecular weight is 386 g/mol. The van der Waals surface area contributed by atoms with E-state index in [-0.39, 0.29) is 41.8 Å². The Hall–Kier alpha value is -2.90. The molecule has 1 aliphatic rings. The number of nitrogens with zero attached hydrogens (tertiary/aromatic N) is 2. The molecule has 1 aromatic heterocycles. The molecule has 150 valence electrons. The maximum atomic E-state index is 12.5. The Labute approximate surface area is 162 Å². The fraction of sp³-hybridized carbons (Fsp3) is 0.500. The van der Waals surface area contributed by atoms with Crippen LogP contribution in [0.5, 0.6) is 0 Å². The summed E-state index contributed by atoms with van der Waals surface area (Å²) in [6.45, 7) is 3.87. The molecule has 0 spiro atoms. The number of likely N-dealkylation sites (tertiary alicyclic amines) is 1. The van der Waals surface area contributed by atoms with Gasteiger partial charge < -0.3 is 10.2 Å². The van der Waals surface area contributed by atoms with Crippen molar-refractivity contribution in [3.05, 3.63) is 45.0 Å². The van der Waals surface area contributed by atoms with Gasteiger partial charge in [0.2, 0.25) is 11.8 Å². The smallest absolute Gasteiger partial charge is 0.273 e. The first-order chi connectivity index (χ1) is 13.5. The van der Waals surface area contributed by atoms with E-state index in [0.717, 1.165) is 6.42 Å². The number of carbonyl (C=O) groups is 2. The van der Waals surface area contributed by atoms with Crippen molar-refractivity contribution >= 4 is 22.6 Å². The highest BCUT2D eigenvalue weighted by Gasteiger charge is 2.26. The molecule has 0 saturated carbocycles. The fourth-order valence-electron chi connectivity index (χ4n) is 3.55. The molecule has 0 atom stereocenters.